The molecule has 2 aromatic rings. The van der Waals surface area contributed by atoms with E-state index in [1.165, 1.54) is 37.7 Å². The van der Waals surface area contributed by atoms with E-state index in [1.807, 2.05) is 30.3 Å². The van der Waals surface area contributed by atoms with Crippen molar-refractivity contribution in [1.82, 2.24) is 0 Å². The lowest BCUT2D eigenvalue weighted by atomic mass is 9.47. The summed E-state index contributed by atoms with van der Waals surface area (Å²) < 4.78 is 5.15. The highest BCUT2D eigenvalue weighted by Crippen LogP contribution is 2.64. The van der Waals surface area contributed by atoms with E-state index in [-0.39, 0.29) is 15.9 Å². The molecule has 4 bridgehead atoms. The third-order valence-electron chi connectivity index (χ3n) is 7.54. The molecule has 0 aromatic heterocycles. The van der Waals surface area contributed by atoms with Gasteiger partial charge in [0.2, 0.25) is 0 Å². The molecule has 1 N–H and O–H groups in total. The predicted octanol–water partition coefficient (Wildman–Crippen LogP) is 6.07. The zero-order valence-corrected chi connectivity index (χ0v) is 19.0. The van der Waals surface area contributed by atoms with Crippen molar-refractivity contribution >= 4 is 29.3 Å². The van der Waals surface area contributed by atoms with Crippen molar-refractivity contribution < 1.29 is 9.53 Å². The first-order chi connectivity index (χ1) is 15.4. The van der Waals surface area contributed by atoms with Gasteiger partial charge in [-0.1, -0.05) is 24.3 Å². The quantitative estimate of drug-likeness (QED) is 0.344. The van der Waals surface area contributed by atoms with Crippen LogP contribution in [0.25, 0.3) is 6.08 Å². The van der Waals surface area contributed by atoms with Crippen LogP contribution in [0, 0.1) is 23.2 Å². The Morgan fingerprint density at radius 1 is 1.09 bits per heavy atom. The molecular formula is C27H27ClN2O2. The standard InChI is InChI=1S/C27H27ClN2O2/c1-32-24-8-2-18(3-9-24)11-21(16-29)25(31)30-23-6-4-22(5-7-23)26-12-19-10-20(13-26)15-27(28,14-19)17-26/h2-9,11,19-20H,10,12-15,17H2,1H3,(H,30,31)/b21-11+/t19-,20+,26?,27?. The molecule has 0 spiro atoms. The van der Waals surface area contributed by atoms with Crippen LogP contribution in [-0.4, -0.2) is 17.9 Å². The Morgan fingerprint density at radius 3 is 2.31 bits per heavy atom. The monoisotopic (exact) mass is 446 g/mol. The number of ether oxygens (including phenoxy) is 1. The maximum Gasteiger partial charge on any atom is 0.266 e. The van der Waals surface area contributed by atoms with Crippen molar-refractivity contribution in [2.45, 2.75) is 48.8 Å². The Balaban J connectivity index is 1.31. The number of carbonyl (C=O) groups is 1. The minimum atomic E-state index is -0.411. The number of rotatable bonds is 5. The van der Waals surface area contributed by atoms with E-state index in [0.29, 0.717) is 5.69 Å². The summed E-state index contributed by atoms with van der Waals surface area (Å²) in [6, 6.07) is 17.4. The van der Waals surface area contributed by atoms with Gasteiger partial charge < -0.3 is 10.1 Å². The number of benzene rings is 2. The van der Waals surface area contributed by atoms with Gasteiger partial charge in [-0.15, -0.1) is 11.6 Å². The van der Waals surface area contributed by atoms with Crippen molar-refractivity contribution in [2.75, 3.05) is 12.4 Å². The molecule has 32 heavy (non-hydrogen) atoms. The van der Waals surface area contributed by atoms with Crippen LogP contribution in [0.2, 0.25) is 0 Å². The lowest BCUT2D eigenvalue weighted by Gasteiger charge is -2.60. The molecule has 4 saturated carbocycles. The van der Waals surface area contributed by atoms with Crippen LogP contribution in [0.5, 0.6) is 5.75 Å². The van der Waals surface area contributed by atoms with Crippen molar-refractivity contribution in [3.63, 3.8) is 0 Å². The molecule has 6 rings (SSSR count). The molecule has 5 heteroatoms. The molecule has 4 aliphatic carbocycles. The molecule has 4 nitrogen and oxygen atoms in total. The van der Waals surface area contributed by atoms with Gasteiger partial charge >= 0.3 is 0 Å². The summed E-state index contributed by atoms with van der Waals surface area (Å²) in [6.07, 6.45) is 8.76. The summed E-state index contributed by atoms with van der Waals surface area (Å²) in [4.78, 5) is 12.7. The van der Waals surface area contributed by atoms with Crippen molar-refractivity contribution in [2.24, 2.45) is 11.8 Å². The number of alkyl halides is 1. The molecule has 0 saturated heterocycles. The molecule has 2 unspecified atom stereocenters. The van der Waals surface area contributed by atoms with E-state index in [1.54, 1.807) is 25.3 Å². The number of nitriles is 1. The second-order valence-electron chi connectivity index (χ2n) is 9.87. The van der Waals surface area contributed by atoms with Gasteiger partial charge in [-0.2, -0.15) is 5.26 Å². The number of carbonyl (C=O) groups excluding carboxylic acids is 1. The van der Waals surface area contributed by atoms with Crippen LogP contribution in [0.4, 0.5) is 5.69 Å². The molecule has 0 radical (unpaired) electrons. The summed E-state index contributed by atoms with van der Waals surface area (Å²) in [7, 11) is 1.60. The van der Waals surface area contributed by atoms with Crippen LogP contribution in [0.15, 0.2) is 54.1 Å². The van der Waals surface area contributed by atoms with Gasteiger partial charge in [0.1, 0.15) is 17.4 Å². The molecule has 0 aliphatic heterocycles. The van der Waals surface area contributed by atoms with Crippen LogP contribution < -0.4 is 10.1 Å². The van der Waals surface area contributed by atoms with Crippen LogP contribution in [-0.2, 0) is 10.2 Å². The van der Waals surface area contributed by atoms with Crippen molar-refractivity contribution in [3.05, 3.63) is 65.2 Å². The minimum Gasteiger partial charge on any atom is -0.497 e. The lowest BCUT2D eigenvalue weighted by Crippen LogP contribution is -2.55. The molecular weight excluding hydrogens is 420 g/mol. The number of methoxy groups -OCH3 is 1. The minimum absolute atomic E-state index is 0.0229. The number of nitrogens with one attached hydrogen (secondary N) is 1. The van der Waals surface area contributed by atoms with Gasteiger partial charge in [-0.3, -0.25) is 4.79 Å². The first-order valence-corrected chi connectivity index (χ1v) is 11.6. The Kier molecular flexibility index (Phi) is 5.26. The van der Waals surface area contributed by atoms with Gasteiger partial charge in [0.15, 0.2) is 0 Å². The summed E-state index contributed by atoms with van der Waals surface area (Å²) in [5, 5.41) is 12.3. The molecule has 2 aromatic carbocycles. The topological polar surface area (TPSA) is 62.1 Å². The fraction of sp³-hybridized carbons (Fsp3) is 0.407. The number of hydrogen-bond donors (Lipinski definition) is 1. The van der Waals surface area contributed by atoms with Gasteiger partial charge in [0.25, 0.3) is 5.91 Å². The first kappa shape index (κ1) is 21.1. The van der Waals surface area contributed by atoms with E-state index < -0.39 is 5.91 Å². The van der Waals surface area contributed by atoms with E-state index >= 15 is 0 Å². The van der Waals surface area contributed by atoms with Gasteiger partial charge in [0, 0.05) is 10.6 Å². The van der Waals surface area contributed by atoms with Gasteiger partial charge in [-0.05, 0) is 97.2 Å². The normalized spacial score (nSPS) is 30.6. The third kappa shape index (κ3) is 3.91. The Bertz CT molecular complexity index is 1080. The zero-order valence-electron chi connectivity index (χ0n) is 18.2. The van der Waals surface area contributed by atoms with Gasteiger partial charge in [0.05, 0.1) is 7.11 Å². The van der Waals surface area contributed by atoms with E-state index in [2.05, 4.69) is 17.4 Å². The number of anilines is 1. The van der Waals surface area contributed by atoms with E-state index in [0.717, 1.165) is 29.6 Å². The molecule has 0 heterocycles. The largest absolute Gasteiger partial charge is 0.497 e. The van der Waals surface area contributed by atoms with Crippen molar-refractivity contribution in [3.8, 4) is 11.8 Å². The fourth-order valence-electron chi connectivity index (χ4n) is 6.61. The van der Waals surface area contributed by atoms with Crippen LogP contribution in [0.1, 0.15) is 49.7 Å². The highest BCUT2D eigenvalue weighted by atomic mass is 35.5. The maximum atomic E-state index is 12.7. The molecule has 164 valence electrons. The molecule has 4 fully saturated rings. The molecule has 4 atom stereocenters. The highest BCUT2D eigenvalue weighted by Gasteiger charge is 2.57. The first-order valence-electron chi connectivity index (χ1n) is 11.3. The van der Waals surface area contributed by atoms with Gasteiger partial charge in [-0.25, -0.2) is 0 Å². The lowest BCUT2D eigenvalue weighted by molar-refractivity contribution is -0.112. The SMILES string of the molecule is COc1ccc(/C=C(\C#N)C(=O)Nc2ccc(C34C[C@@H]5C[C@@H](CC(Cl)(C5)C3)C4)cc2)cc1. The number of amides is 1. The number of hydrogen-bond acceptors (Lipinski definition) is 3. The second-order valence-corrected chi connectivity index (χ2v) is 10.7. The zero-order chi connectivity index (χ0) is 22.3. The number of halogens is 1. The summed E-state index contributed by atoms with van der Waals surface area (Å²) >= 11 is 7.00. The molecule has 1 amide bonds. The van der Waals surface area contributed by atoms with E-state index in [4.69, 9.17) is 16.3 Å². The Labute approximate surface area is 194 Å². The third-order valence-corrected chi connectivity index (χ3v) is 7.98. The average Bonchev–Trinajstić information content (AvgIpc) is 2.76. The number of nitrogens with zero attached hydrogens (tertiary/aromatic N) is 1. The van der Waals surface area contributed by atoms with Crippen LogP contribution in [0.3, 0.4) is 0 Å². The Morgan fingerprint density at radius 2 is 1.75 bits per heavy atom. The average molecular weight is 447 g/mol. The second kappa shape index (κ2) is 7.98. The summed E-state index contributed by atoms with van der Waals surface area (Å²) in [5.41, 5.74) is 3.04. The Hall–Kier alpha value is -2.77. The summed E-state index contributed by atoms with van der Waals surface area (Å²) in [6.45, 7) is 0. The van der Waals surface area contributed by atoms with Crippen LogP contribution >= 0.6 is 11.6 Å². The highest BCUT2D eigenvalue weighted by molar-refractivity contribution is 6.24. The fourth-order valence-corrected chi connectivity index (χ4v) is 7.30. The smallest absolute Gasteiger partial charge is 0.266 e. The predicted molar refractivity (Wildman–Crippen MR) is 127 cm³/mol. The summed E-state index contributed by atoms with van der Waals surface area (Å²) in [5.74, 6) is 1.80. The maximum absolute atomic E-state index is 12.7. The van der Waals surface area contributed by atoms with E-state index in [9.17, 15) is 10.1 Å². The molecule has 4 aliphatic rings. The van der Waals surface area contributed by atoms with Crippen molar-refractivity contribution in [1.29, 1.82) is 5.26 Å².